The van der Waals surface area contributed by atoms with Crippen molar-refractivity contribution in [2.45, 2.75) is 71.1 Å². The fourth-order valence-corrected chi connectivity index (χ4v) is 3.00. The number of carbonyl (C=O) groups is 1. The van der Waals surface area contributed by atoms with Gasteiger partial charge in [0, 0.05) is 0 Å². The second-order valence-corrected chi connectivity index (χ2v) is 6.46. The van der Waals surface area contributed by atoms with Gasteiger partial charge in [-0.1, -0.05) is 63.3 Å². The van der Waals surface area contributed by atoms with Crippen molar-refractivity contribution in [3.05, 3.63) is 35.4 Å². The smallest absolute Gasteiger partial charge is 0.222 e. The van der Waals surface area contributed by atoms with Crippen LogP contribution >= 0.6 is 0 Å². The highest BCUT2D eigenvalue weighted by atomic mass is 16.3. The van der Waals surface area contributed by atoms with Gasteiger partial charge in [0.2, 0.25) is 5.91 Å². The molecule has 0 fully saturated rings. The van der Waals surface area contributed by atoms with Crippen molar-refractivity contribution in [3.63, 3.8) is 0 Å². The van der Waals surface area contributed by atoms with Crippen molar-refractivity contribution in [1.29, 1.82) is 0 Å². The molecule has 3 nitrogen and oxygen atoms in total. The summed E-state index contributed by atoms with van der Waals surface area (Å²) in [6.45, 7) is 2.10. The maximum Gasteiger partial charge on any atom is 0.222 e. The lowest BCUT2D eigenvalue weighted by Gasteiger charge is -2.12. The Morgan fingerprint density at radius 2 is 1.57 bits per heavy atom. The minimum absolute atomic E-state index is 0.144. The van der Waals surface area contributed by atoms with E-state index in [0.717, 1.165) is 19.3 Å². The number of aliphatic hydroxyl groups excluding tert-OH is 1. The van der Waals surface area contributed by atoms with Gasteiger partial charge in [0.05, 0.1) is 12.5 Å². The van der Waals surface area contributed by atoms with Crippen LogP contribution in [-0.2, 0) is 17.6 Å². The van der Waals surface area contributed by atoms with Crippen LogP contribution in [0.25, 0.3) is 0 Å². The number of aryl methyl sites for hydroxylation is 2. The molecule has 0 saturated carbocycles. The van der Waals surface area contributed by atoms with E-state index in [4.69, 9.17) is 10.8 Å². The number of hydrogen-bond acceptors (Lipinski definition) is 2. The van der Waals surface area contributed by atoms with Gasteiger partial charge < -0.3 is 10.8 Å². The quantitative estimate of drug-likeness (QED) is 0.540. The van der Waals surface area contributed by atoms with Crippen molar-refractivity contribution in [2.24, 2.45) is 11.7 Å². The van der Waals surface area contributed by atoms with Crippen LogP contribution < -0.4 is 5.73 Å². The van der Waals surface area contributed by atoms with E-state index in [-0.39, 0.29) is 6.61 Å². The van der Waals surface area contributed by atoms with Gasteiger partial charge in [0.25, 0.3) is 0 Å². The number of rotatable bonds is 13. The number of benzene rings is 1. The highest BCUT2D eigenvalue weighted by molar-refractivity contribution is 5.76. The van der Waals surface area contributed by atoms with Gasteiger partial charge in [0.1, 0.15) is 0 Å². The van der Waals surface area contributed by atoms with Crippen LogP contribution in [0.15, 0.2) is 24.3 Å². The van der Waals surface area contributed by atoms with Crippen LogP contribution in [-0.4, -0.2) is 17.6 Å². The molecule has 1 atom stereocenters. The highest BCUT2D eigenvalue weighted by Crippen LogP contribution is 2.17. The molecule has 0 radical (unpaired) electrons. The Balaban J connectivity index is 2.36. The summed E-state index contributed by atoms with van der Waals surface area (Å²) < 4.78 is 0. The number of amides is 1. The minimum Gasteiger partial charge on any atom is -0.396 e. The van der Waals surface area contributed by atoms with E-state index in [1.807, 2.05) is 0 Å². The van der Waals surface area contributed by atoms with Crippen LogP contribution in [0.5, 0.6) is 0 Å². The molecule has 1 unspecified atom stereocenters. The van der Waals surface area contributed by atoms with Crippen LogP contribution in [0.4, 0.5) is 0 Å². The number of carbonyl (C=O) groups excluding carboxylic acids is 1. The third-order valence-electron chi connectivity index (χ3n) is 4.54. The number of nitrogens with two attached hydrogens (primary N) is 1. The van der Waals surface area contributed by atoms with Gasteiger partial charge in [-0.3, -0.25) is 4.79 Å². The lowest BCUT2D eigenvalue weighted by Crippen LogP contribution is -2.26. The molecule has 0 spiro atoms. The van der Waals surface area contributed by atoms with Crippen LogP contribution in [0.3, 0.4) is 0 Å². The fourth-order valence-electron chi connectivity index (χ4n) is 3.00. The van der Waals surface area contributed by atoms with Gasteiger partial charge >= 0.3 is 0 Å². The Bertz CT molecular complexity index is 445. The zero-order valence-corrected chi connectivity index (χ0v) is 14.6. The van der Waals surface area contributed by atoms with Gasteiger partial charge in [-0.05, 0) is 43.2 Å². The van der Waals surface area contributed by atoms with E-state index in [2.05, 4.69) is 31.2 Å². The maximum atomic E-state index is 11.2. The summed E-state index contributed by atoms with van der Waals surface area (Å²) in [5.41, 5.74) is 8.08. The summed E-state index contributed by atoms with van der Waals surface area (Å²) in [5.74, 6) is -0.798. The van der Waals surface area contributed by atoms with E-state index < -0.39 is 11.8 Å². The van der Waals surface area contributed by atoms with Crippen molar-refractivity contribution >= 4 is 5.91 Å². The first-order chi connectivity index (χ1) is 11.2. The molecule has 130 valence electrons. The zero-order valence-electron chi connectivity index (χ0n) is 14.6. The van der Waals surface area contributed by atoms with Crippen molar-refractivity contribution in [2.75, 3.05) is 6.61 Å². The summed E-state index contributed by atoms with van der Waals surface area (Å²) >= 11 is 0. The second-order valence-electron chi connectivity index (χ2n) is 6.46. The molecule has 0 bridgehead atoms. The molecule has 0 aliphatic carbocycles. The third-order valence-corrected chi connectivity index (χ3v) is 4.54. The number of hydrogen-bond donors (Lipinski definition) is 2. The molecule has 0 aromatic heterocycles. The van der Waals surface area contributed by atoms with Gasteiger partial charge in [-0.2, -0.15) is 0 Å². The molecule has 0 saturated heterocycles. The van der Waals surface area contributed by atoms with Gasteiger partial charge in [-0.25, -0.2) is 0 Å². The number of primary amides is 1. The molecule has 1 rings (SSSR count). The molecular formula is C20H33NO2. The predicted molar refractivity (Wildman–Crippen MR) is 96.2 cm³/mol. The monoisotopic (exact) mass is 319 g/mol. The summed E-state index contributed by atoms with van der Waals surface area (Å²) in [6, 6.07) is 8.59. The van der Waals surface area contributed by atoms with E-state index in [0.29, 0.717) is 6.42 Å². The van der Waals surface area contributed by atoms with Crippen molar-refractivity contribution in [3.8, 4) is 0 Å². The molecule has 0 aliphatic rings. The highest BCUT2D eigenvalue weighted by Gasteiger charge is 2.13. The summed E-state index contributed by atoms with van der Waals surface area (Å²) in [7, 11) is 0. The van der Waals surface area contributed by atoms with Crippen LogP contribution in [0.1, 0.15) is 69.4 Å². The van der Waals surface area contributed by atoms with Gasteiger partial charge in [0.15, 0.2) is 0 Å². The zero-order chi connectivity index (χ0) is 16.9. The molecule has 3 heteroatoms. The Hall–Kier alpha value is -1.35. The summed E-state index contributed by atoms with van der Waals surface area (Å²) in [6.07, 6.45) is 11.5. The van der Waals surface area contributed by atoms with Crippen molar-refractivity contribution in [1.82, 2.24) is 0 Å². The molecule has 0 heterocycles. The normalized spacial score (nSPS) is 12.3. The Morgan fingerprint density at radius 1 is 1.00 bits per heavy atom. The standard InChI is InChI=1S/C20H33NO2/c1-2-3-4-5-6-7-11-17-12-8-9-13-18(17)14-10-15-19(16-22)20(21)23/h8-9,12-13,19,22H,2-7,10-11,14-16H2,1H3,(H2,21,23). The summed E-state index contributed by atoms with van der Waals surface area (Å²) in [5, 5.41) is 9.15. The summed E-state index contributed by atoms with van der Waals surface area (Å²) in [4.78, 5) is 11.2. The Morgan fingerprint density at radius 3 is 2.13 bits per heavy atom. The molecule has 1 aromatic carbocycles. The van der Waals surface area contributed by atoms with E-state index in [1.165, 1.54) is 49.7 Å². The number of aliphatic hydroxyl groups is 1. The average molecular weight is 319 g/mol. The molecule has 1 amide bonds. The van der Waals surface area contributed by atoms with Crippen LogP contribution in [0, 0.1) is 5.92 Å². The second kappa shape index (κ2) is 12.1. The first-order valence-corrected chi connectivity index (χ1v) is 9.16. The van der Waals surface area contributed by atoms with E-state index >= 15 is 0 Å². The first-order valence-electron chi connectivity index (χ1n) is 9.16. The molecule has 3 N–H and O–H groups in total. The molecule has 0 aliphatic heterocycles. The van der Waals surface area contributed by atoms with E-state index in [1.54, 1.807) is 0 Å². The maximum absolute atomic E-state index is 11.2. The largest absolute Gasteiger partial charge is 0.396 e. The lowest BCUT2D eigenvalue weighted by atomic mass is 9.94. The Kier molecular flexibility index (Phi) is 10.4. The SMILES string of the molecule is CCCCCCCCc1ccccc1CCCC(CO)C(N)=O. The third kappa shape index (κ3) is 8.17. The van der Waals surface area contributed by atoms with E-state index in [9.17, 15) is 4.79 Å². The first kappa shape index (κ1) is 19.7. The molecular weight excluding hydrogens is 286 g/mol. The molecule has 23 heavy (non-hydrogen) atoms. The lowest BCUT2D eigenvalue weighted by molar-refractivity contribution is -0.123. The average Bonchev–Trinajstić information content (AvgIpc) is 2.55. The fraction of sp³-hybridized carbons (Fsp3) is 0.650. The topological polar surface area (TPSA) is 63.3 Å². The number of unbranched alkanes of at least 4 members (excludes halogenated alkanes) is 5. The Labute approximate surface area is 141 Å². The molecule has 1 aromatic rings. The van der Waals surface area contributed by atoms with Gasteiger partial charge in [-0.15, -0.1) is 0 Å². The predicted octanol–water partition coefficient (Wildman–Crippen LogP) is 4.01. The van der Waals surface area contributed by atoms with Crippen molar-refractivity contribution < 1.29 is 9.90 Å². The van der Waals surface area contributed by atoms with Crippen LogP contribution in [0.2, 0.25) is 0 Å². The minimum atomic E-state index is -0.402.